The molecule has 0 radical (unpaired) electrons. The molecule has 2 aromatic rings. The fraction of sp³-hybridized carbons (Fsp3) is 0.263. The Morgan fingerprint density at radius 2 is 1.81 bits per heavy atom. The lowest BCUT2D eigenvalue weighted by Gasteiger charge is -2.23. The Kier molecular flexibility index (Phi) is 4.37. The third-order valence-corrected chi connectivity index (χ3v) is 4.10. The second-order valence-corrected chi connectivity index (χ2v) is 5.63. The van der Waals surface area contributed by atoms with Crippen LogP contribution in [0.2, 0.25) is 0 Å². The summed E-state index contributed by atoms with van der Waals surface area (Å²) in [6, 6.07) is 19.0. The molecule has 1 aliphatic rings. The average molecular weight is 278 g/mol. The molecule has 108 valence electrons. The predicted molar refractivity (Wildman–Crippen MR) is 90.4 cm³/mol. The van der Waals surface area contributed by atoms with Crippen molar-refractivity contribution in [1.82, 2.24) is 5.32 Å². The van der Waals surface area contributed by atoms with Gasteiger partial charge < -0.3 is 10.6 Å². The highest BCUT2D eigenvalue weighted by molar-refractivity contribution is 5.75. The Balaban J connectivity index is 1.65. The molecule has 2 heteroatoms. The van der Waals surface area contributed by atoms with Gasteiger partial charge in [-0.3, -0.25) is 0 Å². The first-order chi connectivity index (χ1) is 10.3. The molecule has 1 atom stereocenters. The van der Waals surface area contributed by atoms with Crippen molar-refractivity contribution in [3.8, 4) is 0 Å². The van der Waals surface area contributed by atoms with Crippen molar-refractivity contribution in [3.05, 3.63) is 72.3 Å². The predicted octanol–water partition coefficient (Wildman–Crippen LogP) is 4.24. The van der Waals surface area contributed by atoms with Crippen molar-refractivity contribution in [2.75, 3.05) is 18.4 Å². The number of rotatable bonds is 4. The minimum atomic E-state index is 0.658. The molecule has 21 heavy (non-hydrogen) atoms. The third-order valence-electron chi connectivity index (χ3n) is 4.10. The largest absolute Gasteiger partial charge is 0.356 e. The van der Waals surface area contributed by atoms with Crippen LogP contribution in [-0.4, -0.2) is 13.1 Å². The van der Waals surface area contributed by atoms with Gasteiger partial charge in [0.25, 0.3) is 0 Å². The highest BCUT2D eigenvalue weighted by Crippen LogP contribution is 2.25. The van der Waals surface area contributed by atoms with E-state index in [2.05, 4.69) is 53.6 Å². The molecule has 0 amide bonds. The summed E-state index contributed by atoms with van der Waals surface area (Å²) in [7, 11) is 0. The van der Waals surface area contributed by atoms with Crippen molar-refractivity contribution >= 4 is 11.4 Å². The summed E-state index contributed by atoms with van der Waals surface area (Å²) in [4.78, 5) is 0. The van der Waals surface area contributed by atoms with Crippen molar-refractivity contribution in [2.24, 2.45) is 0 Å². The molecule has 0 spiro atoms. The minimum Gasteiger partial charge on any atom is -0.356 e. The molecule has 1 unspecified atom stereocenters. The van der Waals surface area contributed by atoms with Crippen molar-refractivity contribution in [2.45, 2.75) is 18.8 Å². The van der Waals surface area contributed by atoms with Gasteiger partial charge in [0, 0.05) is 17.9 Å². The fourth-order valence-electron chi connectivity index (χ4n) is 2.86. The van der Waals surface area contributed by atoms with Crippen LogP contribution < -0.4 is 10.6 Å². The standard InChI is InChI=1S/C19H22N2/c1-15(16-6-3-2-4-7-16)21-19-11-9-17(10-12-19)18-8-5-13-20-14-18/h2-4,6-7,9-12,18,20-21H,1,5,8,13-14H2. The van der Waals surface area contributed by atoms with Crippen LogP contribution in [0.1, 0.15) is 29.9 Å². The van der Waals surface area contributed by atoms with E-state index in [4.69, 9.17) is 0 Å². The first-order valence-corrected chi connectivity index (χ1v) is 7.65. The molecule has 2 nitrogen and oxygen atoms in total. The molecule has 1 heterocycles. The third kappa shape index (κ3) is 3.53. The summed E-state index contributed by atoms with van der Waals surface area (Å²) in [5.74, 6) is 0.658. The molecule has 2 aromatic carbocycles. The number of hydrogen-bond acceptors (Lipinski definition) is 2. The first kappa shape index (κ1) is 13.9. The average Bonchev–Trinajstić information content (AvgIpc) is 2.57. The Bertz CT molecular complexity index is 581. The first-order valence-electron chi connectivity index (χ1n) is 7.65. The maximum absolute atomic E-state index is 4.11. The second-order valence-electron chi connectivity index (χ2n) is 5.63. The smallest absolute Gasteiger partial charge is 0.0384 e. The lowest BCUT2D eigenvalue weighted by Crippen LogP contribution is -2.28. The lowest BCUT2D eigenvalue weighted by molar-refractivity contribution is 0.461. The number of hydrogen-bond donors (Lipinski definition) is 2. The van der Waals surface area contributed by atoms with Crippen LogP contribution in [-0.2, 0) is 0 Å². The van der Waals surface area contributed by atoms with E-state index in [9.17, 15) is 0 Å². The Morgan fingerprint density at radius 1 is 1.05 bits per heavy atom. The topological polar surface area (TPSA) is 24.1 Å². The summed E-state index contributed by atoms with van der Waals surface area (Å²) in [5.41, 5.74) is 4.58. The van der Waals surface area contributed by atoms with Crippen LogP contribution in [0.5, 0.6) is 0 Å². The van der Waals surface area contributed by atoms with Gasteiger partial charge in [0.1, 0.15) is 0 Å². The fourth-order valence-corrected chi connectivity index (χ4v) is 2.86. The van der Waals surface area contributed by atoms with E-state index in [1.54, 1.807) is 0 Å². The Labute approximate surface area is 126 Å². The van der Waals surface area contributed by atoms with Crippen LogP contribution in [0.4, 0.5) is 5.69 Å². The summed E-state index contributed by atoms with van der Waals surface area (Å²) >= 11 is 0. The van der Waals surface area contributed by atoms with Gasteiger partial charge in [-0.25, -0.2) is 0 Å². The summed E-state index contributed by atoms with van der Waals surface area (Å²) < 4.78 is 0. The second kappa shape index (κ2) is 6.59. The van der Waals surface area contributed by atoms with Gasteiger partial charge in [0.15, 0.2) is 0 Å². The van der Waals surface area contributed by atoms with Gasteiger partial charge in [0.2, 0.25) is 0 Å². The maximum Gasteiger partial charge on any atom is 0.0384 e. The van der Waals surface area contributed by atoms with E-state index in [-0.39, 0.29) is 0 Å². The van der Waals surface area contributed by atoms with Crippen LogP contribution in [0.3, 0.4) is 0 Å². The normalized spacial score (nSPS) is 18.2. The van der Waals surface area contributed by atoms with E-state index < -0.39 is 0 Å². The van der Waals surface area contributed by atoms with Crippen molar-refractivity contribution < 1.29 is 0 Å². The molecule has 0 bridgehead atoms. The van der Waals surface area contributed by atoms with E-state index in [1.807, 2.05) is 18.2 Å². The molecule has 0 saturated carbocycles. The van der Waals surface area contributed by atoms with Crippen LogP contribution in [0.25, 0.3) is 5.70 Å². The summed E-state index contributed by atoms with van der Waals surface area (Å²) in [6.45, 7) is 6.37. The highest BCUT2D eigenvalue weighted by atomic mass is 14.9. The Hall–Kier alpha value is -2.06. The molecule has 1 fully saturated rings. The van der Waals surface area contributed by atoms with Gasteiger partial charge in [-0.05, 0) is 48.6 Å². The molecule has 0 aromatic heterocycles. The molecule has 1 aliphatic heterocycles. The zero-order valence-corrected chi connectivity index (χ0v) is 12.3. The number of piperidine rings is 1. The van der Waals surface area contributed by atoms with Gasteiger partial charge in [-0.1, -0.05) is 49.0 Å². The molecule has 1 saturated heterocycles. The number of nitrogens with one attached hydrogen (secondary N) is 2. The molecular weight excluding hydrogens is 256 g/mol. The molecule has 2 N–H and O–H groups in total. The Morgan fingerprint density at radius 3 is 2.48 bits per heavy atom. The van der Waals surface area contributed by atoms with Crippen molar-refractivity contribution in [3.63, 3.8) is 0 Å². The maximum atomic E-state index is 4.11. The van der Waals surface area contributed by atoms with Gasteiger partial charge in [0.05, 0.1) is 0 Å². The lowest BCUT2D eigenvalue weighted by atomic mass is 9.91. The monoisotopic (exact) mass is 278 g/mol. The van der Waals surface area contributed by atoms with Gasteiger partial charge in [-0.15, -0.1) is 0 Å². The van der Waals surface area contributed by atoms with Gasteiger partial charge in [-0.2, -0.15) is 0 Å². The van der Waals surface area contributed by atoms with E-state index in [1.165, 1.54) is 18.4 Å². The zero-order chi connectivity index (χ0) is 14.5. The minimum absolute atomic E-state index is 0.658. The number of benzene rings is 2. The van der Waals surface area contributed by atoms with Crippen LogP contribution in [0.15, 0.2) is 61.2 Å². The molecule has 0 aliphatic carbocycles. The zero-order valence-electron chi connectivity index (χ0n) is 12.3. The van der Waals surface area contributed by atoms with Gasteiger partial charge >= 0.3 is 0 Å². The van der Waals surface area contributed by atoms with Crippen molar-refractivity contribution in [1.29, 1.82) is 0 Å². The molecular formula is C19H22N2. The number of anilines is 1. The van der Waals surface area contributed by atoms with Crippen LogP contribution in [0, 0.1) is 0 Å². The molecule has 3 rings (SSSR count). The van der Waals surface area contributed by atoms with E-state index in [0.29, 0.717) is 5.92 Å². The van der Waals surface area contributed by atoms with E-state index >= 15 is 0 Å². The van der Waals surface area contributed by atoms with Crippen LogP contribution >= 0.6 is 0 Å². The summed E-state index contributed by atoms with van der Waals surface area (Å²) in [5, 5.41) is 6.85. The SMILES string of the molecule is C=C(Nc1ccc(C2CCCNC2)cc1)c1ccccc1. The summed E-state index contributed by atoms with van der Waals surface area (Å²) in [6.07, 6.45) is 2.56. The van der Waals surface area contributed by atoms with E-state index in [0.717, 1.165) is 30.0 Å². The quantitative estimate of drug-likeness (QED) is 0.874. The highest BCUT2D eigenvalue weighted by Gasteiger charge is 2.14.